The van der Waals surface area contributed by atoms with Gasteiger partial charge in [0.1, 0.15) is 18.9 Å². The van der Waals surface area contributed by atoms with Crippen molar-refractivity contribution in [2.45, 2.75) is 19.4 Å². The van der Waals surface area contributed by atoms with E-state index in [1.54, 1.807) is 12.3 Å². The van der Waals surface area contributed by atoms with Crippen molar-refractivity contribution in [3.8, 4) is 0 Å². The molecule has 2 N–H and O–H groups in total. The van der Waals surface area contributed by atoms with Crippen LogP contribution in [0.4, 0.5) is 0 Å². The Bertz CT molecular complexity index is 422. The predicted octanol–water partition coefficient (Wildman–Crippen LogP) is 0.309. The molecule has 0 amide bonds. The summed E-state index contributed by atoms with van der Waals surface area (Å²) >= 11 is 0. The van der Waals surface area contributed by atoms with E-state index in [-0.39, 0.29) is 5.75 Å². The number of aromatic nitrogens is 2. The third-order valence-corrected chi connectivity index (χ3v) is 2.80. The monoisotopic (exact) mass is 231 g/mol. The van der Waals surface area contributed by atoms with Crippen molar-refractivity contribution in [3.05, 3.63) is 30.9 Å². The molecule has 0 unspecified atom stereocenters. The second-order valence-corrected chi connectivity index (χ2v) is 4.81. The van der Waals surface area contributed by atoms with Gasteiger partial charge in [0.15, 0.2) is 0 Å². The molecule has 1 rings (SSSR count). The maximum absolute atomic E-state index is 10.5. The lowest BCUT2D eigenvalue weighted by Crippen LogP contribution is -2.35. The molecule has 0 spiro atoms. The number of nitrogens with zero attached hydrogens (tertiary/aromatic N) is 1. The highest BCUT2D eigenvalue weighted by Crippen LogP contribution is 1.96. The molecule has 0 saturated heterocycles. The highest BCUT2D eigenvalue weighted by atomic mass is 32.2. The molecule has 0 bridgehead atoms. The SMILES string of the molecule is C=CC[n+]1cc[nH]c1CCCS(=O)(=O)O. The molecule has 0 aliphatic heterocycles. The first-order valence-electron chi connectivity index (χ1n) is 4.64. The van der Waals surface area contributed by atoms with Gasteiger partial charge < -0.3 is 0 Å². The summed E-state index contributed by atoms with van der Waals surface area (Å²) in [6, 6.07) is 0. The number of H-pyrrole nitrogens is 1. The Labute approximate surface area is 89.2 Å². The van der Waals surface area contributed by atoms with E-state index in [1.807, 2.05) is 10.8 Å². The fourth-order valence-electron chi connectivity index (χ4n) is 1.34. The van der Waals surface area contributed by atoms with Gasteiger partial charge in [-0.3, -0.25) is 4.55 Å². The lowest BCUT2D eigenvalue weighted by Gasteiger charge is -1.97. The molecule has 6 heteroatoms. The normalized spacial score (nSPS) is 11.5. The largest absolute Gasteiger partial charge is 0.286 e. The molecule has 5 nitrogen and oxygen atoms in total. The van der Waals surface area contributed by atoms with E-state index in [4.69, 9.17) is 4.55 Å². The van der Waals surface area contributed by atoms with Crippen LogP contribution in [-0.2, 0) is 23.1 Å². The van der Waals surface area contributed by atoms with Gasteiger partial charge in [-0.1, -0.05) is 12.7 Å². The molecule has 0 aliphatic rings. The molecular weight excluding hydrogens is 216 g/mol. The first kappa shape index (κ1) is 11.9. The van der Waals surface area contributed by atoms with Crippen LogP contribution in [-0.4, -0.2) is 23.7 Å². The summed E-state index contributed by atoms with van der Waals surface area (Å²) in [4.78, 5) is 3.02. The summed E-state index contributed by atoms with van der Waals surface area (Å²) < 4.78 is 31.5. The molecule has 0 aliphatic carbocycles. The summed E-state index contributed by atoms with van der Waals surface area (Å²) in [5.41, 5.74) is 0. The number of rotatable bonds is 6. The molecule has 1 aromatic heterocycles. The maximum Gasteiger partial charge on any atom is 0.264 e. The molecule has 1 heterocycles. The molecule has 1 aromatic rings. The smallest absolute Gasteiger partial charge is 0.264 e. The zero-order valence-corrected chi connectivity index (χ0v) is 9.20. The third-order valence-electron chi connectivity index (χ3n) is 1.99. The molecule has 84 valence electrons. The highest BCUT2D eigenvalue weighted by Gasteiger charge is 2.11. The van der Waals surface area contributed by atoms with Crippen molar-refractivity contribution >= 4 is 10.1 Å². The minimum Gasteiger partial charge on any atom is -0.286 e. The molecule has 0 saturated carbocycles. The average Bonchev–Trinajstić information content (AvgIpc) is 2.51. The summed E-state index contributed by atoms with van der Waals surface area (Å²) in [7, 11) is -3.85. The number of hydrogen-bond acceptors (Lipinski definition) is 2. The fourth-order valence-corrected chi connectivity index (χ4v) is 1.85. The van der Waals surface area contributed by atoms with Crippen LogP contribution in [0.3, 0.4) is 0 Å². The third kappa shape index (κ3) is 4.26. The van der Waals surface area contributed by atoms with Gasteiger partial charge in [-0.05, 0) is 6.42 Å². The van der Waals surface area contributed by atoms with E-state index in [2.05, 4.69) is 11.6 Å². The van der Waals surface area contributed by atoms with Gasteiger partial charge in [0.05, 0.1) is 12.2 Å². The van der Waals surface area contributed by atoms with Gasteiger partial charge in [0, 0.05) is 0 Å². The van der Waals surface area contributed by atoms with Gasteiger partial charge in [-0.15, -0.1) is 0 Å². The molecule has 15 heavy (non-hydrogen) atoms. The lowest BCUT2D eigenvalue weighted by atomic mass is 10.3. The lowest BCUT2D eigenvalue weighted by molar-refractivity contribution is -0.693. The zero-order valence-electron chi connectivity index (χ0n) is 8.39. The van der Waals surface area contributed by atoms with Gasteiger partial charge >= 0.3 is 0 Å². The Hall–Kier alpha value is -1.14. The Morgan fingerprint density at radius 1 is 1.60 bits per heavy atom. The van der Waals surface area contributed by atoms with E-state index in [9.17, 15) is 8.42 Å². The van der Waals surface area contributed by atoms with Gasteiger partial charge in [0.25, 0.3) is 15.9 Å². The van der Waals surface area contributed by atoms with E-state index in [0.717, 1.165) is 5.82 Å². The molecule has 0 atom stereocenters. The van der Waals surface area contributed by atoms with Crippen molar-refractivity contribution in [1.29, 1.82) is 0 Å². The Morgan fingerprint density at radius 2 is 2.33 bits per heavy atom. The van der Waals surface area contributed by atoms with Crippen molar-refractivity contribution in [1.82, 2.24) is 4.98 Å². The fraction of sp³-hybridized carbons (Fsp3) is 0.444. The van der Waals surface area contributed by atoms with Crippen molar-refractivity contribution in [3.63, 3.8) is 0 Å². The number of allylic oxidation sites excluding steroid dienone is 1. The van der Waals surface area contributed by atoms with E-state index in [1.165, 1.54) is 0 Å². The standard InChI is InChI=1S/C9H14N2O3S/c1-2-6-11-7-5-10-9(11)4-3-8-15(12,13)14/h2,5,7H,1,3-4,6,8H2,(H,12,13,14)/p+1. The topological polar surface area (TPSA) is 74.0 Å². The summed E-state index contributed by atoms with van der Waals surface area (Å²) in [5, 5.41) is 0. The maximum atomic E-state index is 10.5. The van der Waals surface area contributed by atoms with Crippen LogP contribution in [0, 0.1) is 0 Å². The van der Waals surface area contributed by atoms with Crippen LogP contribution in [0.1, 0.15) is 12.2 Å². The molecular formula is C9H15N2O3S+. The summed E-state index contributed by atoms with van der Waals surface area (Å²) in [6.07, 6.45) is 6.40. The van der Waals surface area contributed by atoms with Crippen LogP contribution in [0.5, 0.6) is 0 Å². The number of hydrogen-bond donors (Lipinski definition) is 2. The summed E-state index contributed by atoms with van der Waals surface area (Å²) in [6.45, 7) is 4.31. The van der Waals surface area contributed by atoms with Gasteiger partial charge in [0.2, 0.25) is 0 Å². The quantitative estimate of drug-likeness (QED) is 0.420. The minimum atomic E-state index is -3.85. The van der Waals surface area contributed by atoms with Crippen LogP contribution >= 0.6 is 0 Å². The Morgan fingerprint density at radius 3 is 2.93 bits per heavy atom. The molecule has 0 aromatic carbocycles. The van der Waals surface area contributed by atoms with Crippen LogP contribution in [0.15, 0.2) is 25.0 Å². The van der Waals surface area contributed by atoms with Crippen LogP contribution < -0.4 is 4.57 Å². The Kier molecular flexibility index (Phi) is 4.05. The number of imidazole rings is 1. The van der Waals surface area contributed by atoms with E-state index in [0.29, 0.717) is 19.4 Å². The van der Waals surface area contributed by atoms with Gasteiger partial charge in [-0.2, -0.15) is 8.42 Å². The van der Waals surface area contributed by atoms with Crippen molar-refractivity contribution < 1.29 is 17.5 Å². The first-order valence-corrected chi connectivity index (χ1v) is 6.25. The average molecular weight is 231 g/mol. The Balaban J connectivity index is 2.50. The van der Waals surface area contributed by atoms with E-state index >= 15 is 0 Å². The second-order valence-electron chi connectivity index (χ2n) is 3.24. The molecule has 0 fully saturated rings. The molecule has 0 radical (unpaired) electrons. The predicted molar refractivity (Wildman–Crippen MR) is 55.9 cm³/mol. The summed E-state index contributed by atoms with van der Waals surface area (Å²) in [5.74, 6) is 0.721. The number of nitrogens with one attached hydrogen (secondary N) is 1. The number of aromatic amines is 1. The van der Waals surface area contributed by atoms with Crippen molar-refractivity contribution in [2.75, 3.05) is 5.75 Å². The number of aryl methyl sites for hydroxylation is 1. The second kappa shape index (κ2) is 5.09. The zero-order chi connectivity index (χ0) is 11.3. The van der Waals surface area contributed by atoms with Crippen molar-refractivity contribution in [2.24, 2.45) is 0 Å². The highest BCUT2D eigenvalue weighted by molar-refractivity contribution is 7.85. The minimum absolute atomic E-state index is 0.208. The van der Waals surface area contributed by atoms with E-state index < -0.39 is 10.1 Å². The van der Waals surface area contributed by atoms with Gasteiger partial charge in [-0.25, -0.2) is 9.55 Å². The van der Waals surface area contributed by atoms with Crippen LogP contribution in [0.25, 0.3) is 0 Å². The first-order chi connectivity index (χ1) is 7.03. The van der Waals surface area contributed by atoms with Crippen LogP contribution in [0.2, 0.25) is 0 Å².